The zero-order chi connectivity index (χ0) is 13.7. The normalized spacial score (nSPS) is 14.6. The molecular formula is C13H18F3NO. The highest BCUT2D eigenvalue weighted by Gasteiger charge is 2.11. The second kappa shape index (κ2) is 6.75. The van der Waals surface area contributed by atoms with Crippen LogP contribution in [-0.2, 0) is 6.54 Å². The molecule has 0 bridgehead atoms. The standard InChI is InChI=1S/C13H18F3NO/c1-8(3-9(2)18)6-17-7-10-4-11(14)13(16)12(15)5-10/h4-5,8-9,17-18H,3,6-7H2,1-2H3. The minimum atomic E-state index is -1.44. The Morgan fingerprint density at radius 2 is 1.72 bits per heavy atom. The van der Waals surface area contributed by atoms with E-state index in [1.807, 2.05) is 6.92 Å². The van der Waals surface area contributed by atoms with Crippen LogP contribution in [0.2, 0.25) is 0 Å². The quantitative estimate of drug-likeness (QED) is 0.771. The fourth-order valence-electron chi connectivity index (χ4n) is 1.84. The van der Waals surface area contributed by atoms with Crippen LogP contribution in [0.25, 0.3) is 0 Å². The molecule has 0 amide bonds. The Hall–Kier alpha value is -1.07. The molecule has 0 aliphatic carbocycles. The largest absolute Gasteiger partial charge is 0.393 e. The molecule has 102 valence electrons. The van der Waals surface area contributed by atoms with E-state index in [9.17, 15) is 18.3 Å². The van der Waals surface area contributed by atoms with Crippen molar-refractivity contribution < 1.29 is 18.3 Å². The van der Waals surface area contributed by atoms with E-state index < -0.39 is 17.5 Å². The Morgan fingerprint density at radius 3 is 2.22 bits per heavy atom. The lowest BCUT2D eigenvalue weighted by Gasteiger charge is -2.14. The molecule has 1 aromatic rings. The number of nitrogens with one attached hydrogen (secondary N) is 1. The van der Waals surface area contributed by atoms with Crippen LogP contribution in [-0.4, -0.2) is 17.8 Å². The summed E-state index contributed by atoms with van der Waals surface area (Å²) in [5, 5.41) is 12.2. The van der Waals surface area contributed by atoms with E-state index >= 15 is 0 Å². The molecule has 0 saturated carbocycles. The molecule has 0 saturated heterocycles. The van der Waals surface area contributed by atoms with Crippen molar-refractivity contribution in [3.05, 3.63) is 35.1 Å². The molecular weight excluding hydrogens is 243 g/mol. The Bertz CT molecular complexity index is 373. The number of hydrogen-bond donors (Lipinski definition) is 2. The van der Waals surface area contributed by atoms with E-state index in [2.05, 4.69) is 5.32 Å². The van der Waals surface area contributed by atoms with E-state index in [1.54, 1.807) is 6.92 Å². The number of halogens is 3. The average molecular weight is 261 g/mol. The van der Waals surface area contributed by atoms with Crippen molar-refractivity contribution >= 4 is 0 Å². The maximum absolute atomic E-state index is 12.9. The summed E-state index contributed by atoms with van der Waals surface area (Å²) >= 11 is 0. The molecule has 2 N–H and O–H groups in total. The molecule has 18 heavy (non-hydrogen) atoms. The lowest BCUT2D eigenvalue weighted by Crippen LogP contribution is -2.23. The molecule has 1 rings (SSSR count). The molecule has 0 aromatic heterocycles. The van der Waals surface area contributed by atoms with Gasteiger partial charge in [-0.1, -0.05) is 6.92 Å². The molecule has 2 unspecified atom stereocenters. The number of hydrogen-bond acceptors (Lipinski definition) is 2. The van der Waals surface area contributed by atoms with Gasteiger partial charge in [0.25, 0.3) is 0 Å². The highest BCUT2D eigenvalue weighted by molar-refractivity contribution is 5.19. The monoisotopic (exact) mass is 261 g/mol. The van der Waals surface area contributed by atoms with Crippen LogP contribution in [0.1, 0.15) is 25.8 Å². The average Bonchev–Trinajstić information content (AvgIpc) is 2.24. The molecule has 0 fully saturated rings. The van der Waals surface area contributed by atoms with Gasteiger partial charge in [0.05, 0.1) is 6.10 Å². The van der Waals surface area contributed by atoms with Crippen molar-refractivity contribution in [2.75, 3.05) is 6.54 Å². The molecule has 2 nitrogen and oxygen atoms in total. The summed E-state index contributed by atoms with van der Waals surface area (Å²) < 4.78 is 38.6. The van der Waals surface area contributed by atoms with Gasteiger partial charge in [-0.3, -0.25) is 0 Å². The molecule has 2 atom stereocenters. The first kappa shape index (κ1) is 15.0. The van der Waals surface area contributed by atoms with E-state index in [1.165, 1.54) is 0 Å². The molecule has 1 aromatic carbocycles. The Morgan fingerprint density at radius 1 is 1.17 bits per heavy atom. The molecule has 0 heterocycles. The minimum absolute atomic E-state index is 0.250. The maximum Gasteiger partial charge on any atom is 0.194 e. The fourth-order valence-corrected chi connectivity index (χ4v) is 1.84. The zero-order valence-electron chi connectivity index (χ0n) is 10.5. The number of rotatable bonds is 6. The summed E-state index contributed by atoms with van der Waals surface area (Å²) in [5.74, 6) is -3.55. The summed E-state index contributed by atoms with van der Waals surface area (Å²) in [7, 11) is 0. The van der Waals surface area contributed by atoms with Gasteiger partial charge in [0.15, 0.2) is 17.5 Å². The van der Waals surface area contributed by atoms with Crippen molar-refractivity contribution in [3.8, 4) is 0 Å². The second-order valence-corrected chi connectivity index (χ2v) is 4.69. The van der Waals surface area contributed by atoms with Gasteiger partial charge >= 0.3 is 0 Å². The van der Waals surface area contributed by atoms with E-state index in [-0.39, 0.29) is 18.6 Å². The van der Waals surface area contributed by atoms with Crippen LogP contribution >= 0.6 is 0 Å². The first-order valence-corrected chi connectivity index (χ1v) is 5.92. The summed E-state index contributed by atoms with van der Waals surface area (Å²) in [6.07, 6.45) is 0.279. The number of aliphatic hydroxyl groups excluding tert-OH is 1. The van der Waals surface area contributed by atoms with Gasteiger partial charge in [0.2, 0.25) is 0 Å². The Balaban J connectivity index is 2.45. The van der Waals surface area contributed by atoms with Crippen molar-refractivity contribution in [1.29, 1.82) is 0 Å². The van der Waals surface area contributed by atoms with Crippen molar-refractivity contribution in [1.82, 2.24) is 5.32 Å². The maximum atomic E-state index is 12.9. The second-order valence-electron chi connectivity index (χ2n) is 4.69. The molecule has 0 aliphatic rings. The highest BCUT2D eigenvalue weighted by Crippen LogP contribution is 2.13. The predicted octanol–water partition coefficient (Wildman–Crippen LogP) is 2.60. The SMILES string of the molecule is CC(O)CC(C)CNCc1cc(F)c(F)c(F)c1. The lowest BCUT2D eigenvalue weighted by atomic mass is 10.0. The number of aliphatic hydroxyl groups is 1. The number of benzene rings is 1. The van der Waals surface area contributed by atoms with Crippen LogP contribution in [0, 0.1) is 23.4 Å². The van der Waals surface area contributed by atoms with Crippen LogP contribution in [0.15, 0.2) is 12.1 Å². The fraction of sp³-hybridized carbons (Fsp3) is 0.538. The van der Waals surface area contributed by atoms with E-state index in [4.69, 9.17) is 0 Å². The van der Waals surface area contributed by atoms with Crippen LogP contribution in [0.4, 0.5) is 13.2 Å². The highest BCUT2D eigenvalue weighted by atomic mass is 19.2. The minimum Gasteiger partial charge on any atom is -0.393 e. The topological polar surface area (TPSA) is 32.3 Å². The summed E-state index contributed by atoms with van der Waals surface area (Å²) in [4.78, 5) is 0. The third-order valence-electron chi connectivity index (χ3n) is 2.61. The van der Waals surface area contributed by atoms with E-state index in [0.717, 1.165) is 12.1 Å². The first-order valence-electron chi connectivity index (χ1n) is 5.92. The van der Waals surface area contributed by atoms with Crippen LogP contribution in [0.5, 0.6) is 0 Å². The van der Waals surface area contributed by atoms with Gasteiger partial charge in [0.1, 0.15) is 0 Å². The zero-order valence-corrected chi connectivity index (χ0v) is 10.5. The summed E-state index contributed by atoms with van der Waals surface area (Å²) in [6, 6.07) is 1.95. The van der Waals surface area contributed by atoms with E-state index in [0.29, 0.717) is 18.5 Å². The lowest BCUT2D eigenvalue weighted by molar-refractivity contribution is 0.163. The first-order chi connectivity index (χ1) is 8.40. The van der Waals surface area contributed by atoms with Crippen LogP contribution < -0.4 is 5.32 Å². The van der Waals surface area contributed by atoms with Gasteiger partial charge < -0.3 is 10.4 Å². The van der Waals surface area contributed by atoms with Crippen molar-refractivity contribution in [2.24, 2.45) is 5.92 Å². The molecule has 0 aliphatic heterocycles. The molecule has 0 spiro atoms. The predicted molar refractivity (Wildman–Crippen MR) is 63.5 cm³/mol. The molecule has 0 radical (unpaired) electrons. The summed E-state index contributed by atoms with van der Waals surface area (Å²) in [5.41, 5.74) is 0.357. The molecule has 5 heteroatoms. The Labute approximate surface area is 105 Å². The van der Waals surface area contributed by atoms with Gasteiger partial charge in [0, 0.05) is 6.54 Å². The van der Waals surface area contributed by atoms with Gasteiger partial charge in [-0.15, -0.1) is 0 Å². The Kier molecular flexibility index (Phi) is 5.62. The van der Waals surface area contributed by atoms with Gasteiger partial charge in [-0.2, -0.15) is 0 Å². The van der Waals surface area contributed by atoms with Gasteiger partial charge in [-0.05, 0) is 43.5 Å². The van der Waals surface area contributed by atoms with Gasteiger partial charge in [-0.25, -0.2) is 13.2 Å². The summed E-state index contributed by atoms with van der Waals surface area (Å²) in [6.45, 7) is 4.55. The third kappa shape index (κ3) is 4.66. The van der Waals surface area contributed by atoms with Crippen LogP contribution in [0.3, 0.4) is 0 Å². The van der Waals surface area contributed by atoms with Crippen molar-refractivity contribution in [3.63, 3.8) is 0 Å². The third-order valence-corrected chi connectivity index (χ3v) is 2.61. The van der Waals surface area contributed by atoms with Crippen molar-refractivity contribution in [2.45, 2.75) is 32.9 Å². The smallest absolute Gasteiger partial charge is 0.194 e.